The van der Waals surface area contributed by atoms with Gasteiger partial charge in [-0.25, -0.2) is 19.9 Å². The molecule has 5 heterocycles. The largest absolute Gasteiger partial charge is 0.394 e. The summed E-state index contributed by atoms with van der Waals surface area (Å²) in [6, 6.07) is 3.65. The number of aromatic nitrogens is 8. The van der Waals surface area contributed by atoms with Crippen LogP contribution in [0.4, 0.5) is 17.8 Å². The zero-order valence-electron chi connectivity index (χ0n) is 20.7. The van der Waals surface area contributed by atoms with Crippen LogP contribution in [0, 0.1) is 6.92 Å². The van der Waals surface area contributed by atoms with Crippen LogP contribution in [0.2, 0.25) is 0 Å². The van der Waals surface area contributed by atoms with Gasteiger partial charge in [-0.05, 0) is 19.1 Å². The van der Waals surface area contributed by atoms with E-state index in [0.29, 0.717) is 27.8 Å². The number of nitrogens with two attached hydrogens (primary N) is 1. The Balaban J connectivity index is 1.63. The number of rotatable bonds is 4. The van der Waals surface area contributed by atoms with E-state index in [1.807, 2.05) is 19.1 Å². The summed E-state index contributed by atoms with van der Waals surface area (Å²) in [5, 5.41) is 20.0. The van der Waals surface area contributed by atoms with Crippen LogP contribution < -0.4 is 16.2 Å². The van der Waals surface area contributed by atoms with Gasteiger partial charge in [-0.2, -0.15) is 4.98 Å². The van der Waals surface area contributed by atoms with Crippen molar-refractivity contribution in [2.45, 2.75) is 38.7 Å². The quantitative estimate of drug-likeness (QED) is 0.251. The van der Waals surface area contributed by atoms with Gasteiger partial charge in [0, 0.05) is 26.6 Å². The number of carbonyl (C=O) groups excluding carboxylic acids is 1. The summed E-state index contributed by atoms with van der Waals surface area (Å²) in [5.74, 6) is -0.448. The summed E-state index contributed by atoms with van der Waals surface area (Å²) in [7, 11) is 1.74. The molecule has 15 heteroatoms. The van der Waals surface area contributed by atoms with Gasteiger partial charge in [-0.1, -0.05) is 0 Å². The number of amides is 1. The molecule has 0 spiro atoms. The minimum absolute atomic E-state index is 0.0168. The highest BCUT2D eigenvalue weighted by Gasteiger charge is 2.39. The van der Waals surface area contributed by atoms with Gasteiger partial charge in [-0.15, -0.1) is 0 Å². The van der Waals surface area contributed by atoms with Gasteiger partial charge in [0.2, 0.25) is 23.8 Å². The second-order valence-corrected chi connectivity index (χ2v) is 9.16. The van der Waals surface area contributed by atoms with E-state index < -0.39 is 36.5 Å². The number of carbonyl (C=O) groups is 1. The number of H-pyrrole nitrogens is 1. The van der Waals surface area contributed by atoms with E-state index in [1.54, 1.807) is 17.8 Å². The van der Waals surface area contributed by atoms with Crippen LogP contribution in [0.5, 0.6) is 0 Å². The number of nitrogens with one attached hydrogen (secondary N) is 1. The second kappa shape index (κ2) is 8.54. The molecule has 0 aliphatic carbocycles. The first kappa shape index (κ1) is 23.9. The molecular formula is C23H24N10O5. The number of aryl methyl sites for hydroxylation is 2. The van der Waals surface area contributed by atoms with Gasteiger partial charge in [0.15, 0.2) is 11.2 Å². The van der Waals surface area contributed by atoms with E-state index in [-0.39, 0.29) is 35.4 Å². The second-order valence-electron chi connectivity index (χ2n) is 9.16. The van der Waals surface area contributed by atoms with E-state index in [9.17, 15) is 19.8 Å². The fourth-order valence-electron chi connectivity index (χ4n) is 4.83. The number of benzene rings is 1. The third kappa shape index (κ3) is 3.51. The minimum Gasteiger partial charge on any atom is -0.394 e. The Kier molecular flexibility index (Phi) is 5.37. The lowest BCUT2D eigenvalue weighted by atomic mass is 10.2. The molecule has 0 saturated carbocycles. The highest BCUT2D eigenvalue weighted by molar-refractivity contribution is 6.04. The highest BCUT2D eigenvalue weighted by Crippen LogP contribution is 2.37. The van der Waals surface area contributed by atoms with Gasteiger partial charge < -0.3 is 25.3 Å². The molecule has 6 rings (SSSR count). The van der Waals surface area contributed by atoms with E-state index >= 15 is 0 Å². The van der Waals surface area contributed by atoms with E-state index in [4.69, 9.17) is 15.5 Å². The normalized spacial score (nSPS) is 19.7. The number of aromatic amines is 1. The van der Waals surface area contributed by atoms with Crippen LogP contribution in [-0.4, -0.2) is 74.0 Å². The number of aliphatic hydroxyl groups excluding tert-OH is 2. The standard InChI is InChI=1S/C23H24N10O5/c1-9-7-25-11-4-5-12-17(16(11)26-9)27-22(31(12)3)32(10(2)35)23-28-18-19(29-21(24)30-20(18)37)33(23)15-6-13(36)14(8-34)38-15/h4-5,7,13-15,34,36H,6,8H2,1-3H3,(H3,24,29,30,37)/t13-,14+,15+/m0/s1. The maximum Gasteiger partial charge on any atom is 0.280 e. The number of ether oxygens (including phenoxy) is 1. The average Bonchev–Trinajstić information content (AvgIpc) is 3.52. The molecular weight excluding hydrogens is 496 g/mol. The smallest absolute Gasteiger partial charge is 0.280 e. The topological polar surface area (TPSA) is 203 Å². The summed E-state index contributed by atoms with van der Waals surface area (Å²) in [6.07, 6.45) is -1.08. The maximum atomic E-state index is 13.2. The predicted octanol–water partition coefficient (Wildman–Crippen LogP) is 0.165. The van der Waals surface area contributed by atoms with Gasteiger partial charge >= 0.3 is 0 Å². The number of imidazole rings is 2. The van der Waals surface area contributed by atoms with E-state index in [1.165, 1.54) is 16.4 Å². The van der Waals surface area contributed by atoms with Crippen molar-refractivity contribution in [1.29, 1.82) is 0 Å². The van der Waals surface area contributed by atoms with Crippen LogP contribution in [0.25, 0.3) is 33.2 Å². The van der Waals surface area contributed by atoms with Crippen LogP contribution in [-0.2, 0) is 16.6 Å². The van der Waals surface area contributed by atoms with Crippen molar-refractivity contribution in [2.75, 3.05) is 17.2 Å². The summed E-state index contributed by atoms with van der Waals surface area (Å²) in [4.78, 5) is 52.1. The molecule has 0 unspecified atom stereocenters. The Hall–Kier alpha value is -4.47. The Morgan fingerprint density at radius 2 is 1.97 bits per heavy atom. The summed E-state index contributed by atoms with van der Waals surface area (Å²) < 4.78 is 8.99. The Bertz CT molecular complexity index is 1810. The SMILES string of the molecule is CC(=O)N(c1nc2c3nc(C)cnc3ccc2n1C)c1nc2c(=O)[nH]c(N)nc2n1[C@H]1C[C@H](O)[C@@H](CO)O1. The lowest BCUT2D eigenvalue weighted by molar-refractivity contribution is -0.116. The molecule has 1 fully saturated rings. The molecule has 1 aromatic carbocycles. The molecule has 15 nitrogen and oxygen atoms in total. The first-order chi connectivity index (χ1) is 18.2. The lowest BCUT2D eigenvalue weighted by Gasteiger charge is -2.23. The third-order valence-corrected chi connectivity index (χ3v) is 6.60. The van der Waals surface area contributed by atoms with Crippen LogP contribution >= 0.6 is 0 Å². The molecule has 1 saturated heterocycles. The van der Waals surface area contributed by atoms with Crippen molar-refractivity contribution in [3.05, 3.63) is 34.4 Å². The molecule has 5 aromatic rings. The molecule has 1 aliphatic heterocycles. The number of aliphatic hydroxyl groups is 2. The maximum absolute atomic E-state index is 13.2. The third-order valence-electron chi connectivity index (χ3n) is 6.60. The van der Waals surface area contributed by atoms with E-state index in [2.05, 4.69) is 24.9 Å². The lowest BCUT2D eigenvalue weighted by Crippen LogP contribution is -2.30. The molecule has 0 bridgehead atoms. The van der Waals surface area contributed by atoms with Crippen molar-refractivity contribution in [3.63, 3.8) is 0 Å². The number of nitrogens with zero attached hydrogens (tertiary/aromatic N) is 8. The van der Waals surface area contributed by atoms with Crippen molar-refractivity contribution in [2.24, 2.45) is 7.05 Å². The predicted molar refractivity (Wildman–Crippen MR) is 136 cm³/mol. The number of nitrogen functional groups attached to an aromatic ring is 1. The fraction of sp³-hybridized carbons (Fsp3) is 0.348. The molecule has 0 radical (unpaired) electrons. The van der Waals surface area contributed by atoms with Gasteiger partial charge in [-0.3, -0.25) is 24.1 Å². The average molecular weight is 521 g/mol. The molecule has 1 amide bonds. The fourth-order valence-corrected chi connectivity index (χ4v) is 4.83. The molecule has 4 aromatic heterocycles. The zero-order valence-corrected chi connectivity index (χ0v) is 20.7. The van der Waals surface area contributed by atoms with Crippen molar-refractivity contribution < 1.29 is 19.7 Å². The molecule has 196 valence electrons. The van der Waals surface area contributed by atoms with Gasteiger partial charge in [0.1, 0.15) is 23.4 Å². The molecule has 5 N–H and O–H groups in total. The van der Waals surface area contributed by atoms with Crippen LogP contribution in [0.1, 0.15) is 25.3 Å². The number of hydrogen-bond donors (Lipinski definition) is 4. The number of anilines is 3. The molecule has 38 heavy (non-hydrogen) atoms. The Morgan fingerprint density at radius 1 is 1.21 bits per heavy atom. The van der Waals surface area contributed by atoms with Gasteiger partial charge in [0.05, 0.1) is 29.4 Å². The monoisotopic (exact) mass is 520 g/mol. The molecule has 1 aliphatic rings. The summed E-state index contributed by atoms with van der Waals surface area (Å²) in [5.41, 5.74) is 8.31. The Morgan fingerprint density at radius 3 is 2.68 bits per heavy atom. The summed E-state index contributed by atoms with van der Waals surface area (Å²) in [6.45, 7) is 2.73. The Labute approximate surface area is 213 Å². The van der Waals surface area contributed by atoms with Crippen LogP contribution in [0.15, 0.2) is 23.1 Å². The summed E-state index contributed by atoms with van der Waals surface area (Å²) >= 11 is 0. The zero-order chi connectivity index (χ0) is 26.9. The van der Waals surface area contributed by atoms with E-state index in [0.717, 1.165) is 0 Å². The number of fused-ring (bicyclic) bond motifs is 4. The van der Waals surface area contributed by atoms with Crippen LogP contribution in [0.3, 0.4) is 0 Å². The number of hydrogen-bond acceptors (Lipinski definition) is 11. The molecule has 3 atom stereocenters. The van der Waals surface area contributed by atoms with Crippen molar-refractivity contribution >= 4 is 57.0 Å². The minimum atomic E-state index is -0.996. The van der Waals surface area contributed by atoms with Gasteiger partial charge in [0.25, 0.3) is 5.56 Å². The van der Waals surface area contributed by atoms with Crippen molar-refractivity contribution in [1.82, 2.24) is 39.0 Å². The highest BCUT2D eigenvalue weighted by atomic mass is 16.5. The van der Waals surface area contributed by atoms with Crippen molar-refractivity contribution in [3.8, 4) is 0 Å². The first-order valence-electron chi connectivity index (χ1n) is 11.8. The first-order valence-corrected chi connectivity index (χ1v) is 11.8.